The molecule has 106 valence electrons. The van der Waals surface area contributed by atoms with Crippen LogP contribution in [0.15, 0.2) is 42.7 Å². The molecule has 0 atom stereocenters. The zero-order valence-electron chi connectivity index (χ0n) is 12.3. The van der Waals surface area contributed by atoms with Crippen LogP contribution in [-0.4, -0.2) is 26.8 Å². The third-order valence-electron chi connectivity index (χ3n) is 3.38. The smallest absolute Gasteiger partial charge is 0.162 e. The lowest BCUT2D eigenvalue weighted by molar-refractivity contribution is 0.819. The first-order valence-corrected chi connectivity index (χ1v) is 6.82. The molecular weight excluding hydrogens is 262 g/mol. The van der Waals surface area contributed by atoms with Gasteiger partial charge in [-0.1, -0.05) is 30.3 Å². The lowest BCUT2D eigenvalue weighted by Crippen LogP contribution is -2.08. The summed E-state index contributed by atoms with van der Waals surface area (Å²) in [5.41, 5.74) is 3.18. The van der Waals surface area contributed by atoms with Crippen LogP contribution in [0.1, 0.15) is 11.4 Å². The maximum absolute atomic E-state index is 4.51. The van der Waals surface area contributed by atoms with E-state index in [9.17, 15) is 0 Å². The molecule has 0 fully saturated rings. The van der Waals surface area contributed by atoms with E-state index < -0.39 is 0 Å². The molecular formula is C16H17N5. The van der Waals surface area contributed by atoms with Crippen molar-refractivity contribution in [2.75, 3.05) is 12.4 Å². The number of aromatic nitrogens is 4. The predicted molar refractivity (Wildman–Crippen MR) is 83.6 cm³/mol. The largest absolute Gasteiger partial charge is 0.373 e. The molecule has 2 heterocycles. The Hall–Kier alpha value is -2.69. The van der Waals surface area contributed by atoms with Gasteiger partial charge in [0.15, 0.2) is 5.82 Å². The number of nitrogens with zero attached hydrogens (tertiary/aromatic N) is 4. The van der Waals surface area contributed by atoms with E-state index in [0.717, 1.165) is 34.2 Å². The summed E-state index contributed by atoms with van der Waals surface area (Å²) < 4.78 is 1.80. The second-order valence-electron chi connectivity index (χ2n) is 4.86. The van der Waals surface area contributed by atoms with Gasteiger partial charge < -0.3 is 5.32 Å². The molecule has 21 heavy (non-hydrogen) atoms. The van der Waals surface area contributed by atoms with Gasteiger partial charge in [0.05, 0.1) is 6.20 Å². The number of aryl methyl sites for hydroxylation is 1. The third kappa shape index (κ3) is 2.50. The topological polar surface area (TPSA) is 55.6 Å². The molecule has 0 saturated carbocycles. The zero-order chi connectivity index (χ0) is 14.8. The van der Waals surface area contributed by atoms with Gasteiger partial charge in [-0.3, -0.25) is 0 Å². The van der Waals surface area contributed by atoms with Gasteiger partial charge in [0, 0.05) is 24.4 Å². The van der Waals surface area contributed by atoms with Gasteiger partial charge in [0.2, 0.25) is 0 Å². The van der Waals surface area contributed by atoms with Crippen molar-refractivity contribution in [3.8, 4) is 16.9 Å². The van der Waals surface area contributed by atoms with Crippen molar-refractivity contribution in [3.05, 3.63) is 54.1 Å². The summed E-state index contributed by atoms with van der Waals surface area (Å²) in [6, 6.07) is 10.2. The molecule has 0 radical (unpaired) electrons. The molecule has 5 heteroatoms. The SMILES string of the molecule is CNc1nc(C)nc(-n2cc(-c3ccccc3)cn2)c1C. The van der Waals surface area contributed by atoms with Crippen molar-refractivity contribution in [3.63, 3.8) is 0 Å². The molecule has 1 aromatic carbocycles. The Bertz CT molecular complexity index is 762. The zero-order valence-corrected chi connectivity index (χ0v) is 12.3. The first-order chi connectivity index (χ1) is 10.2. The van der Waals surface area contributed by atoms with E-state index in [2.05, 4.69) is 32.5 Å². The van der Waals surface area contributed by atoms with Crippen LogP contribution >= 0.6 is 0 Å². The number of benzene rings is 1. The van der Waals surface area contributed by atoms with E-state index in [1.165, 1.54) is 0 Å². The quantitative estimate of drug-likeness (QED) is 0.800. The van der Waals surface area contributed by atoms with Crippen molar-refractivity contribution >= 4 is 5.82 Å². The van der Waals surface area contributed by atoms with Crippen molar-refractivity contribution in [2.24, 2.45) is 0 Å². The Morgan fingerprint density at radius 1 is 1.00 bits per heavy atom. The van der Waals surface area contributed by atoms with E-state index >= 15 is 0 Å². The normalized spacial score (nSPS) is 10.6. The van der Waals surface area contributed by atoms with Crippen LogP contribution in [0.25, 0.3) is 16.9 Å². The lowest BCUT2D eigenvalue weighted by Gasteiger charge is -2.10. The Morgan fingerprint density at radius 3 is 2.48 bits per heavy atom. The molecule has 1 N–H and O–H groups in total. The van der Waals surface area contributed by atoms with Gasteiger partial charge in [-0.15, -0.1) is 0 Å². The molecule has 0 aliphatic heterocycles. The highest BCUT2D eigenvalue weighted by Crippen LogP contribution is 2.22. The predicted octanol–water partition coefficient (Wildman–Crippen LogP) is 2.99. The minimum Gasteiger partial charge on any atom is -0.373 e. The molecule has 2 aromatic heterocycles. The van der Waals surface area contributed by atoms with Crippen LogP contribution in [0.3, 0.4) is 0 Å². The fourth-order valence-electron chi connectivity index (χ4n) is 2.30. The van der Waals surface area contributed by atoms with Gasteiger partial charge in [-0.05, 0) is 19.4 Å². The summed E-state index contributed by atoms with van der Waals surface area (Å²) in [5.74, 6) is 2.35. The summed E-state index contributed by atoms with van der Waals surface area (Å²) in [7, 11) is 1.86. The Balaban J connectivity index is 2.07. The minimum absolute atomic E-state index is 0.719. The van der Waals surface area contributed by atoms with Gasteiger partial charge in [-0.25, -0.2) is 14.6 Å². The van der Waals surface area contributed by atoms with E-state index in [-0.39, 0.29) is 0 Å². The molecule has 3 rings (SSSR count). The highest BCUT2D eigenvalue weighted by Gasteiger charge is 2.11. The fourth-order valence-corrected chi connectivity index (χ4v) is 2.30. The van der Waals surface area contributed by atoms with Crippen LogP contribution in [-0.2, 0) is 0 Å². The van der Waals surface area contributed by atoms with Gasteiger partial charge in [0.25, 0.3) is 0 Å². The summed E-state index contributed by atoms with van der Waals surface area (Å²) in [5, 5.41) is 7.53. The van der Waals surface area contributed by atoms with E-state index in [1.54, 1.807) is 4.68 Å². The first kappa shape index (κ1) is 13.3. The summed E-state index contributed by atoms with van der Waals surface area (Å²) in [4.78, 5) is 8.89. The third-order valence-corrected chi connectivity index (χ3v) is 3.38. The molecule has 0 saturated heterocycles. The standard InChI is InChI=1S/C16H17N5/c1-11-15(17-3)19-12(2)20-16(11)21-10-14(9-18-21)13-7-5-4-6-8-13/h4-10H,1-3H3,(H,17,19,20). The van der Waals surface area contributed by atoms with Crippen LogP contribution in [0.2, 0.25) is 0 Å². The second-order valence-corrected chi connectivity index (χ2v) is 4.86. The van der Waals surface area contributed by atoms with Crippen molar-refractivity contribution in [2.45, 2.75) is 13.8 Å². The maximum Gasteiger partial charge on any atom is 0.162 e. The lowest BCUT2D eigenvalue weighted by atomic mass is 10.1. The van der Waals surface area contributed by atoms with Gasteiger partial charge in [0.1, 0.15) is 11.6 Å². The summed E-state index contributed by atoms with van der Waals surface area (Å²) in [6.07, 6.45) is 3.84. The van der Waals surface area contributed by atoms with Crippen molar-refractivity contribution < 1.29 is 0 Å². The number of anilines is 1. The van der Waals surface area contributed by atoms with Crippen LogP contribution in [0, 0.1) is 13.8 Å². The number of nitrogens with one attached hydrogen (secondary N) is 1. The van der Waals surface area contributed by atoms with Gasteiger partial charge >= 0.3 is 0 Å². The Morgan fingerprint density at radius 2 is 1.76 bits per heavy atom. The maximum atomic E-state index is 4.51. The van der Waals surface area contributed by atoms with Crippen LogP contribution < -0.4 is 5.32 Å². The van der Waals surface area contributed by atoms with E-state index in [4.69, 9.17) is 0 Å². The highest BCUT2D eigenvalue weighted by atomic mass is 15.3. The Labute approximate surface area is 123 Å². The Kier molecular flexibility index (Phi) is 3.39. The monoisotopic (exact) mass is 279 g/mol. The molecule has 0 unspecified atom stereocenters. The number of hydrogen-bond acceptors (Lipinski definition) is 4. The van der Waals surface area contributed by atoms with E-state index in [1.807, 2.05) is 51.5 Å². The molecule has 3 aromatic rings. The van der Waals surface area contributed by atoms with Crippen molar-refractivity contribution in [1.82, 2.24) is 19.7 Å². The molecule has 0 aliphatic rings. The van der Waals surface area contributed by atoms with Crippen molar-refractivity contribution in [1.29, 1.82) is 0 Å². The van der Waals surface area contributed by atoms with E-state index in [0.29, 0.717) is 0 Å². The molecule has 0 aliphatic carbocycles. The minimum atomic E-state index is 0.719. The average Bonchev–Trinajstić information content (AvgIpc) is 3.00. The molecule has 0 bridgehead atoms. The molecule has 0 amide bonds. The van der Waals surface area contributed by atoms with Crippen LogP contribution in [0.4, 0.5) is 5.82 Å². The second kappa shape index (κ2) is 5.36. The van der Waals surface area contributed by atoms with Crippen LogP contribution in [0.5, 0.6) is 0 Å². The van der Waals surface area contributed by atoms with Gasteiger partial charge in [-0.2, -0.15) is 5.10 Å². The molecule has 0 spiro atoms. The highest BCUT2D eigenvalue weighted by molar-refractivity contribution is 5.62. The molecule has 5 nitrogen and oxygen atoms in total. The summed E-state index contributed by atoms with van der Waals surface area (Å²) in [6.45, 7) is 3.87. The number of rotatable bonds is 3. The fraction of sp³-hybridized carbons (Fsp3) is 0.188. The first-order valence-electron chi connectivity index (χ1n) is 6.82. The number of hydrogen-bond donors (Lipinski definition) is 1. The average molecular weight is 279 g/mol. The summed E-state index contributed by atoms with van der Waals surface area (Å²) >= 11 is 0.